The van der Waals surface area contributed by atoms with Gasteiger partial charge in [-0.1, -0.05) is 18.2 Å². The topological polar surface area (TPSA) is 101 Å². The molecule has 30 heavy (non-hydrogen) atoms. The molecule has 160 valence electrons. The fraction of sp³-hybridized carbons (Fsp3) is 0.278. The predicted octanol–water partition coefficient (Wildman–Crippen LogP) is 2.08. The number of nitrogens with one attached hydrogen (secondary N) is 1. The van der Waals surface area contributed by atoms with E-state index in [0.717, 1.165) is 18.4 Å². The van der Waals surface area contributed by atoms with E-state index in [1.807, 2.05) is 0 Å². The van der Waals surface area contributed by atoms with Crippen molar-refractivity contribution >= 4 is 21.8 Å². The summed E-state index contributed by atoms with van der Waals surface area (Å²) in [7, 11) is -4.04. The van der Waals surface area contributed by atoms with Gasteiger partial charge in [0.15, 0.2) is 9.84 Å². The fourth-order valence-corrected chi connectivity index (χ4v) is 3.77. The normalized spacial score (nSPS) is 15.3. The number of allylic oxidation sites excluding steroid dienone is 1. The second-order valence-electron chi connectivity index (χ2n) is 6.64. The van der Waals surface area contributed by atoms with Crippen molar-refractivity contribution in [2.75, 3.05) is 19.3 Å². The molecule has 2 heterocycles. The highest BCUT2D eigenvalue weighted by Crippen LogP contribution is 2.36. The molecule has 1 aliphatic heterocycles. The number of carbonyl (C=O) groups is 2. The molecule has 0 spiro atoms. The van der Waals surface area contributed by atoms with Crippen LogP contribution in [0.1, 0.15) is 5.56 Å². The molecule has 3 amide bonds. The second-order valence-corrected chi connectivity index (χ2v) is 8.62. The first-order valence-corrected chi connectivity index (χ1v) is 10.5. The second kappa shape index (κ2) is 7.94. The van der Waals surface area contributed by atoms with Crippen molar-refractivity contribution in [3.8, 4) is 11.1 Å². The highest BCUT2D eigenvalue weighted by molar-refractivity contribution is 7.90. The van der Waals surface area contributed by atoms with Crippen LogP contribution in [0.4, 0.5) is 18.0 Å². The van der Waals surface area contributed by atoms with Crippen LogP contribution in [0.25, 0.3) is 11.1 Å². The third-order valence-electron chi connectivity index (χ3n) is 4.30. The lowest BCUT2D eigenvalue weighted by molar-refractivity contribution is -0.139. The van der Waals surface area contributed by atoms with Gasteiger partial charge in [0.05, 0.1) is 23.2 Å². The number of hydrogen-bond acceptors (Lipinski definition) is 5. The molecule has 1 aromatic carbocycles. The Hall–Kier alpha value is -3.15. The summed E-state index contributed by atoms with van der Waals surface area (Å²) in [6.45, 7) is 0.505. The van der Waals surface area contributed by atoms with Gasteiger partial charge in [-0.25, -0.2) is 13.2 Å². The molecular formula is C18H17F3N4O4S. The number of urea groups is 1. The summed E-state index contributed by atoms with van der Waals surface area (Å²) in [4.78, 5) is 23.1. The van der Waals surface area contributed by atoms with E-state index in [4.69, 9.17) is 0 Å². The molecule has 1 saturated heterocycles. The Morgan fingerprint density at radius 1 is 1.17 bits per heavy atom. The number of benzene rings is 1. The highest BCUT2D eigenvalue weighted by Gasteiger charge is 2.36. The number of alkyl halides is 3. The molecule has 0 bridgehead atoms. The number of hydrogen-bond donors (Lipinski definition) is 1. The highest BCUT2D eigenvalue weighted by atomic mass is 32.2. The van der Waals surface area contributed by atoms with Gasteiger partial charge in [0.1, 0.15) is 6.54 Å². The zero-order chi connectivity index (χ0) is 22.1. The number of imide groups is 1. The summed E-state index contributed by atoms with van der Waals surface area (Å²) >= 11 is 0. The number of rotatable bonds is 6. The van der Waals surface area contributed by atoms with Crippen molar-refractivity contribution in [1.29, 1.82) is 0 Å². The Labute approximate surface area is 169 Å². The van der Waals surface area contributed by atoms with Crippen molar-refractivity contribution in [3.63, 3.8) is 0 Å². The van der Waals surface area contributed by atoms with Crippen LogP contribution in [0, 0.1) is 0 Å². The smallest absolute Gasteiger partial charge is 0.311 e. The molecule has 1 fully saturated rings. The van der Waals surface area contributed by atoms with E-state index in [9.17, 15) is 31.2 Å². The number of carbonyl (C=O) groups excluding carboxylic acids is 2. The first-order chi connectivity index (χ1) is 13.9. The fourth-order valence-electron chi connectivity index (χ4n) is 2.88. The average Bonchev–Trinajstić information content (AvgIpc) is 3.23. The summed E-state index contributed by atoms with van der Waals surface area (Å²) in [6.07, 6.45) is 2.16. The van der Waals surface area contributed by atoms with Crippen LogP contribution in [0.15, 0.2) is 47.6 Å². The van der Waals surface area contributed by atoms with Crippen LogP contribution in [0.2, 0.25) is 0 Å². The van der Waals surface area contributed by atoms with Gasteiger partial charge < -0.3 is 4.90 Å². The molecule has 0 aliphatic carbocycles. The van der Waals surface area contributed by atoms with Crippen molar-refractivity contribution in [2.24, 2.45) is 0 Å². The van der Waals surface area contributed by atoms with Gasteiger partial charge in [0.2, 0.25) is 5.91 Å². The number of halogens is 3. The minimum Gasteiger partial charge on any atom is -0.311 e. The number of aromatic nitrogens is 2. The molecule has 3 rings (SSSR count). The molecule has 1 aromatic heterocycles. The van der Waals surface area contributed by atoms with Crippen molar-refractivity contribution in [1.82, 2.24) is 20.0 Å². The molecule has 0 atom stereocenters. The molecule has 2 aromatic rings. The summed E-state index contributed by atoms with van der Waals surface area (Å²) in [5, 5.41) is 6.22. The van der Waals surface area contributed by atoms with Crippen molar-refractivity contribution < 1.29 is 31.2 Å². The number of amides is 3. The first kappa shape index (κ1) is 21.6. The van der Waals surface area contributed by atoms with Gasteiger partial charge >= 0.3 is 12.2 Å². The van der Waals surface area contributed by atoms with E-state index < -0.39 is 32.5 Å². The van der Waals surface area contributed by atoms with Gasteiger partial charge in [-0.3, -0.25) is 14.8 Å². The SMILES string of the molecule is CS(=O)(=O)c1ccc(-c2cnn(CC=CCN3CC(=O)NC3=O)c2)cc1C(F)(F)F. The molecule has 0 saturated carbocycles. The maximum atomic E-state index is 13.3. The van der Waals surface area contributed by atoms with E-state index in [0.29, 0.717) is 5.56 Å². The van der Waals surface area contributed by atoms with Crippen molar-refractivity contribution in [2.45, 2.75) is 17.6 Å². The molecular weight excluding hydrogens is 425 g/mol. The third kappa shape index (κ3) is 4.87. The monoisotopic (exact) mass is 442 g/mol. The standard InChI is InChI=1S/C18H17F3N4O4S/c1-30(28,29)15-5-4-12(8-14(15)18(19,20)21)13-9-22-25(10-13)7-3-2-6-24-11-16(26)23-17(24)27/h2-5,8-10H,6-7,11H2,1H3,(H,23,26,27). The summed E-state index contributed by atoms with van der Waals surface area (Å²) in [6, 6.07) is 2.55. The van der Waals surface area contributed by atoms with Gasteiger partial charge in [-0.05, 0) is 17.7 Å². The van der Waals surface area contributed by atoms with E-state index in [1.165, 1.54) is 28.0 Å². The zero-order valence-corrected chi connectivity index (χ0v) is 16.5. The van der Waals surface area contributed by atoms with Crippen LogP contribution < -0.4 is 5.32 Å². The summed E-state index contributed by atoms with van der Waals surface area (Å²) < 4.78 is 64.7. The predicted molar refractivity (Wildman–Crippen MR) is 100 cm³/mol. The lowest BCUT2D eigenvalue weighted by atomic mass is 10.1. The maximum absolute atomic E-state index is 13.3. The Morgan fingerprint density at radius 3 is 2.47 bits per heavy atom. The summed E-state index contributed by atoms with van der Waals surface area (Å²) in [5.41, 5.74) is -0.663. The maximum Gasteiger partial charge on any atom is 0.417 e. The Morgan fingerprint density at radius 2 is 1.87 bits per heavy atom. The molecule has 12 heteroatoms. The molecule has 8 nitrogen and oxygen atoms in total. The van der Waals surface area contributed by atoms with E-state index >= 15 is 0 Å². The van der Waals surface area contributed by atoms with Crippen LogP contribution in [-0.4, -0.2) is 54.4 Å². The van der Waals surface area contributed by atoms with E-state index in [2.05, 4.69) is 10.4 Å². The van der Waals surface area contributed by atoms with Gasteiger partial charge in [-0.2, -0.15) is 18.3 Å². The zero-order valence-electron chi connectivity index (χ0n) is 15.7. The largest absolute Gasteiger partial charge is 0.417 e. The average molecular weight is 442 g/mol. The van der Waals surface area contributed by atoms with Gasteiger partial charge in [0, 0.05) is 24.6 Å². The lowest BCUT2D eigenvalue weighted by Crippen LogP contribution is -2.28. The molecule has 1 aliphatic rings. The molecule has 0 radical (unpaired) electrons. The third-order valence-corrected chi connectivity index (χ3v) is 5.46. The van der Waals surface area contributed by atoms with Crippen LogP contribution in [0.3, 0.4) is 0 Å². The van der Waals surface area contributed by atoms with Gasteiger partial charge in [-0.15, -0.1) is 0 Å². The Kier molecular flexibility index (Phi) is 5.70. The molecule has 1 N–H and O–H groups in total. The Bertz CT molecular complexity index is 1120. The number of nitrogens with zero attached hydrogens (tertiary/aromatic N) is 3. The minimum atomic E-state index is -4.82. The number of sulfone groups is 1. The van der Waals surface area contributed by atoms with Gasteiger partial charge in [0.25, 0.3) is 0 Å². The van der Waals surface area contributed by atoms with Crippen LogP contribution in [0.5, 0.6) is 0 Å². The van der Waals surface area contributed by atoms with E-state index in [1.54, 1.807) is 12.2 Å². The first-order valence-electron chi connectivity index (χ1n) is 8.63. The quantitative estimate of drug-likeness (QED) is 0.545. The summed E-state index contributed by atoms with van der Waals surface area (Å²) in [5.74, 6) is -0.370. The lowest BCUT2D eigenvalue weighted by Gasteiger charge is -2.13. The minimum absolute atomic E-state index is 0.0138. The van der Waals surface area contributed by atoms with Crippen molar-refractivity contribution in [3.05, 3.63) is 48.3 Å². The van der Waals surface area contributed by atoms with Crippen LogP contribution in [-0.2, 0) is 27.4 Å². The molecule has 0 unspecified atom stereocenters. The van der Waals surface area contributed by atoms with E-state index in [-0.39, 0.29) is 31.1 Å². The Balaban J connectivity index is 1.73. The van der Waals surface area contributed by atoms with Crippen LogP contribution >= 0.6 is 0 Å².